The number of nitrogens with one attached hydrogen (secondary N) is 1. The van der Waals surface area contributed by atoms with Crippen LogP contribution in [0.2, 0.25) is 0 Å². The van der Waals surface area contributed by atoms with Crippen molar-refractivity contribution in [2.24, 2.45) is 0 Å². The fourth-order valence-corrected chi connectivity index (χ4v) is 3.72. The zero-order valence-electron chi connectivity index (χ0n) is 17.9. The fourth-order valence-electron chi connectivity index (χ4n) is 3.72. The van der Waals surface area contributed by atoms with E-state index in [9.17, 15) is 18.4 Å². The van der Waals surface area contributed by atoms with Gasteiger partial charge in [-0.3, -0.25) is 14.6 Å². The maximum absolute atomic E-state index is 13.6. The molecule has 0 radical (unpaired) electrons. The number of nitriles is 1. The first-order valence-corrected chi connectivity index (χ1v) is 10.4. The molecule has 34 heavy (non-hydrogen) atoms. The molecule has 3 aromatic rings. The monoisotopic (exact) mass is 462 g/mol. The number of fused-ring (bicyclic) bond motifs is 1. The summed E-state index contributed by atoms with van der Waals surface area (Å²) in [5.74, 6) is -3.99. The van der Waals surface area contributed by atoms with Crippen LogP contribution in [-0.2, 0) is 4.79 Å². The third-order valence-electron chi connectivity index (χ3n) is 5.43. The third-order valence-corrected chi connectivity index (χ3v) is 5.43. The zero-order valence-corrected chi connectivity index (χ0v) is 17.9. The number of benzene rings is 1. The zero-order chi connectivity index (χ0) is 24.3. The smallest absolute Gasteiger partial charge is 0.268 e. The Morgan fingerprint density at radius 3 is 2.71 bits per heavy atom. The van der Waals surface area contributed by atoms with Crippen molar-refractivity contribution < 1.29 is 18.4 Å². The summed E-state index contributed by atoms with van der Waals surface area (Å²) < 4.78 is 27.2. The van der Waals surface area contributed by atoms with Crippen LogP contribution in [0, 0.1) is 11.3 Å². The van der Waals surface area contributed by atoms with Crippen LogP contribution in [-0.4, -0.2) is 51.7 Å². The van der Waals surface area contributed by atoms with Gasteiger partial charge < -0.3 is 16.0 Å². The minimum absolute atomic E-state index is 0.283. The van der Waals surface area contributed by atoms with Crippen molar-refractivity contribution in [3.63, 3.8) is 0 Å². The highest BCUT2D eigenvalue weighted by molar-refractivity contribution is 6.07. The van der Waals surface area contributed by atoms with Gasteiger partial charge in [-0.25, -0.2) is 13.8 Å². The molecular formula is C24H20F2N6O2. The Morgan fingerprint density at radius 2 is 1.97 bits per heavy atom. The highest BCUT2D eigenvalue weighted by Gasteiger charge is 2.47. The van der Waals surface area contributed by atoms with Crippen molar-refractivity contribution in [2.45, 2.75) is 18.4 Å². The van der Waals surface area contributed by atoms with E-state index in [-0.39, 0.29) is 5.56 Å². The van der Waals surface area contributed by atoms with Gasteiger partial charge in [0.25, 0.3) is 11.8 Å². The Morgan fingerprint density at radius 1 is 1.21 bits per heavy atom. The van der Waals surface area contributed by atoms with Gasteiger partial charge in [0.1, 0.15) is 11.9 Å². The lowest BCUT2D eigenvalue weighted by Gasteiger charge is -2.19. The Hall–Kier alpha value is -4.39. The van der Waals surface area contributed by atoms with Gasteiger partial charge >= 0.3 is 0 Å². The number of alkyl halides is 2. The summed E-state index contributed by atoms with van der Waals surface area (Å²) in [5, 5.41) is 12.1. The average Bonchev–Trinajstić information content (AvgIpc) is 3.16. The van der Waals surface area contributed by atoms with Crippen LogP contribution in [0.25, 0.3) is 23.1 Å². The van der Waals surface area contributed by atoms with E-state index in [2.05, 4.69) is 15.3 Å². The van der Waals surface area contributed by atoms with E-state index in [1.807, 2.05) is 24.3 Å². The molecule has 3 N–H and O–H groups in total. The molecule has 0 bridgehead atoms. The number of aromatic nitrogens is 2. The van der Waals surface area contributed by atoms with Gasteiger partial charge in [0.05, 0.1) is 30.2 Å². The predicted molar refractivity (Wildman–Crippen MR) is 122 cm³/mol. The summed E-state index contributed by atoms with van der Waals surface area (Å²) in [4.78, 5) is 34.3. The molecule has 1 aromatic carbocycles. The van der Waals surface area contributed by atoms with E-state index in [1.165, 1.54) is 12.3 Å². The number of halogens is 2. The maximum atomic E-state index is 13.6. The van der Waals surface area contributed by atoms with Crippen LogP contribution in [0.4, 0.5) is 14.6 Å². The van der Waals surface area contributed by atoms with Gasteiger partial charge in [0.15, 0.2) is 0 Å². The van der Waals surface area contributed by atoms with Crippen LogP contribution < -0.4 is 11.1 Å². The third kappa shape index (κ3) is 4.99. The van der Waals surface area contributed by atoms with Crippen LogP contribution in [0.3, 0.4) is 0 Å². The number of hydrogen-bond donors (Lipinski definition) is 2. The Labute approximate surface area is 193 Å². The van der Waals surface area contributed by atoms with E-state index < -0.39 is 43.3 Å². The molecule has 172 valence electrons. The fraction of sp³-hybridized carbons (Fsp3) is 0.208. The molecule has 2 aromatic heterocycles. The molecule has 2 amide bonds. The second kappa shape index (κ2) is 9.23. The summed E-state index contributed by atoms with van der Waals surface area (Å²) in [6.45, 7) is -1.34. The number of anilines is 1. The second-order valence-electron chi connectivity index (χ2n) is 7.89. The molecule has 1 fully saturated rings. The molecule has 1 unspecified atom stereocenters. The van der Waals surface area contributed by atoms with Crippen LogP contribution >= 0.6 is 0 Å². The van der Waals surface area contributed by atoms with Crippen LogP contribution in [0.5, 0.6) is 0 Å². The normalized spacial score (nSPS) is 17.1. The van der Waals surface area contributed by atoms with Gasteiger partial charge in [-0.2, -0.15) is 5.26 Å². The number of pyridine rings is 2. The summed E-state index contributed by atoms with van der Waals surface area (Å²) in [6.07, 6.45) is 6.10. The molecule has 4 rings (SSSR count). The molecule has 3 heterocycles. The molecular weight excluding hydrogens is 442 g/mol. The van der Waals surface area contributed by atoms with Gasteiger partial charge in [-0.1, -0.05) is 18.2 Å². The number of nitrogens with zero attached hydrogens (tertiary/aromatic N) is 4. The first-order chi connectivity index (χ1) is 16.3. The van der Waals surface area contributed by atoms with E-state index in [1.54, 1.807) is 30.5 Å². The Kier molecular flexibility index (Phi) is 6.19. The van der Waals surface area contributed by atoms with Gasteiger partial charge in [-0.15, -0.1) is 0 Å². The summed E-state index contributed by atoms with van der Waals surface area (Å²) in [6, 6.07) is 10.9. The lowest BCUT2D eigenvalue weighted by Crippen LogP contribution is -2.43. The van der Waals surface area contributed by atoms with Gasteiger partial charge in [-0.05, 0) is 41.5 Å². The lowest BCUT2D eigenvalue weighted by atomic mass is 10.0. The van der Waals surface area contributed by atoms with E-state index in [0.29, 0.717) is 16.7 Å². The first-order valence-electron chi connectivity index (χ1n) is 10.4. The highest BCUT2D eigenvalue weighted by Crippen LogP contribution is 2.31. The number of carbonyl (C=O) groups excluding carboxylic acids is 2. The number of amides is 2. The number of rotatable bonds is 5. The van der Waals surface area contributed by atoms with Crippen molar-refractivity contribution in [1.29, 1.82) is 5.26 Å². The molecule has 1 atom stereocenters. The number of nitrogen functional groups attached to an aromatic ring is 1. The molecule has 1 aliphatic heterocycles. The Bertz CT molecular complexity index is 1320. The molecule has 10 heteroatoms. The SMILES string of the molecule is N#CC1CC(F)(F)CN1C(=O)CNC(=O)c1ccnc2ccc(C=Cc3ccc(N)nc3)cc12. The quantitative estimate of drug-likeness (QED) is 0.601. The van der Waals surface area contributed by atoms with E-state index in [4.69, 9.17) is 11.0 Å². The van der Waals surface area contributed by atoms with Crippen LogP contribution in [0.1, 0.15) is 27.9 Å². The standard InChI is InChI=1S/C24H20F2N6O2/c25-24(26)10-17(11-27)32(14-24)22(33)13-31-23(34)18-7-8-29-20-5-3-15(9-19(18)20)1-2-16-4-6-21(28)30-12-16/h1-9,12,17H,10,13-14H2,(H2,28,30)(H,31,34). The lowest BCUT2D eigenvalue weighted by molar-refractivity contribution is -0.131. The Balaban J connectivity index is 1.50. The minimum Gasteiger partial charge on any atom is -0.384 e. The van der Waals surface area contributed by atoms with Crippen LogP contribution in [0.15, 0.2) is 48.8 Å². The number of hydrogen-bond acceptors (Lipinski definition) is 6. The number of likely N-dealkylation sites (tertiary alicyclic amines) is 1. The minimum atomic E-state index is -3.12. The number of carbonyl (C=O) groups is 2. The van der Waals surface area contributed by atoms with E-state index >= 15 is 0 Å². The maximum Gasteiger partial charge on any atom is 0.268 e. The summed E-state index contributed by atoms with van der Waals surface area (Å²) in [5.41, 5.74) is 8.11. The molecule has 1 saturated heterocycles. The van der Waals surface area contributed by atoms with Crippen molar-refractivity contribution in [3.05, 3.63) is 65.5 Å². The van der Waals surface area contributed by atoms with Crippen molar-refractivity contribution in [3.8, 4) is 6.07 Å². The summed E-state index contributed by atoms with van der Waals surface area (Å²) >= 11 is 0. The van der Waals surface area contributed by atoms with E-state index in [0.717, 1.165) is 16.0 Å². The molecule has 8 nitrogen and oxygen atoms in total. The van der Waals surface area contributed by atoms with Crippen molar-refractivity contribution >= 4 is 40.7 Å². The van der Waals surface area contributed by atoms with Crippen molar-refractivity contribution in [2.75, 3.05) is 18.8 Å². The topological polar surface area (TPSA) is 125 Å². The summed E-state index contributed by atoms with van der Waals surface area (Å²) in [7, 11) is 0. The molecule has 0 spiro atoms. The van der Waals surface area contributed by atoms with Gasteiger partial charge in [0.2, 0.25) is 5.91 Å². The first kappa shape index (κ1) is 22.8. The van der Waals surface area contributed by atoms with Crippen molar-refractivity contribution in [1.82, 2.24) is 20.2 Å². The molecule has 1 aliphatic rings. The molecule has 0 aliphatic carbocycles. The second-order valence-corrected chi connectivity index (χ2v) is 7.89. The average molecular weight is 462 g/mol. The highest BCUT2D eigenvalue weighted by atomic mass is 19.3. The predicted octanol–water partition coefficient (Wildman–Crippen LogP) is 2.87. The molecule has 0 saturated carbocycles. The number of nitrogens with two attached hydrogens (primary N) is 1. The van der Waals surface area contributed by atoms with Gasteiger partial charge in [0, 0.05) is 24.2 Å². The largest absolute Gasteiger partial charge is 0.384 e.